The monoisotopic (exact) mass is 346 g/mol. The van der Waals surface area contributed by atoms with Gasteiger partial charge in [-0.05, 0) is 44.0 Å². The normalized spacial score (nSPS) is 11.8. The van der Waals surface area contributed by atoms with E-state index in [0.717, 1.165) is 28.8 Å². The minimum atomic E-state index is -0.182. The predicted octanol–water partition coefficient (Wildman–Crippen LogP) is 3.90. The van der Waals surface area contributed by atoms with Crippen LogP contribution in [-0.4, -0.2) is 20.9 Å². The first-order valence-corrected chi connectivity index (χ1v) is 8.72. The molecule has 1 N–H and O–H groups in total. The lowest BCUT2D eigenvalue weighted by molar-refractivity contribution is 0.0939. The number of rotatable bonds is 5. The molecule has 2 aromatic heterocycles. The van der Waals surface area contributed by atoms with Crippen LogP contribution in [-0.2, 0) is 6.42 Å². The van der Waals surface area contributed by atoms with Gasteiger partial charge < -0.3 is 5.32 Å². The second-order valence-corrected chi connectivity index (χ2v) is 6.18. The Balaban J connectivity index is 1.80. The van der Waals surface area contributed by atoms with Crippen LogP contribution in [0.4, 0.5) is 0 Å². The summed E-state index contributed by atoms with van der Waals surface area (Å²) in [5, 5.41) is 3.06. The highest BCUT2D eigenvalue weighted by Crippen LogP contribution is 2.20. The number of nitrogens with zero attached hydrogens (tertiary/aromatic N) is 3. The van der Waals surface area contributed by atoms with Crippen molar-refractivity contribution in [2.75, 3.05) is 0 Å². The summed E-state index contributed by atoms with van der Waals surface area (Å²) in [6.07, 6.45) is 6.04. The van der Waals surface area contributed by atoms with Crippen molar-refractivity contribution in [1.82, 2.24) is 20.3 Å². The van der Waals surface area contributed by atoms with Gasteiger partial charge in [-0.3, -0.25) is 9.78 Å². The number of hydrogen-bond donors (Lipinski definition) is 1. The van der Waals surface area contributed by atoms with E-state index in [0.29, 0.717) is 11.4 Å². The van der Waals surface area contributed by atoms with Gasteiger partial charge in [-0.15, -0.1) is 0 Å². The molecule has 1 aromatic carbocycles. The van der Waals surface area contributed by atoms with Crippen LogP contribution in [0.1, 0.15) is 47.1 Å². The van der Waals surface area contributed by atoms with Crippen LogP contribution in [0.15, 0.2) is 55.0 Å². The van der Waals surface area contributed by atoms with Crippen LogP contribution in [0, 0.1) is 6.92 Å². The molecule has 0 saturated heterocycles. The molecule has 3 aromatic rings. The lowest BCUT2D eigenvalue weighted by Gasteiger charge is -2.17. The van der Waals surface area contributed by atoms with Gasteiger partial charge in [0.1, 0.15) is 0 Å². The predicted molar refractivity (Wildman–Crippen MR) is 102 cm³/mol. The van der Waals surface area contributed by atoms with Crippen molar-refractivity contribution in [2.45, 2.75) is 33.2 Å². The summed E-state index contributed by atoms with van der Waals surface area (Å²) in [5.74, 6) is 0.580. The molecule has 3 rings (SSSR count). The maximum atomic E-state index is 12.6. The SMILES string of the molecule is CCc1ccccc1C(=O)NC(C)c1cnc(-c2ccncc2)nc1C. The van der Waals surface area contributed by atoms with E-state index in [-0.39, 0.29) is 11.9 Å². The molecule has 26 heavy (non-hydrogen) atoms. The molecule has 2 heterocycles. The highest BCUT2D eigenvalue weighted by molar-refractivity contribution is 5.95. The zero-order chi connectivity index (χ0) is 18.5. The fourth-order valence-electron chi connectivity index (χ4n) is 2.94. The van der Waals surface area contributed by atoms with Crippen molar-refractivity contribution in [3.05, 3.63) is 77.4 Å². The van der Waals surface area contributed by atoms with Gasteiger partial charge in [0.2, 0.25) is 0 Å². The summed E-state index contributed by atoms with van der Waals surface area (Å²) in [7, 11) is 0. The number of carbonyl (C=O) groups excluding carboxylic acids is 1. The zero-order valence-corrected chi connectivity index (χ0v) is 15.2. The molecule has 5 nitrogen and oxygen atoms in total. The molecule has 0 spiro atoms. The summed E-state index contributed by atoms with van der Waals surface area (Å²) in [6.45, 7) is 5.93. The van der Waals surface area contributed by atoms with Crippen LogP contribution < -0.4 is 5.32 Å². The van der Waals surface area contributed by atoms with E-state index in [9.17, 15) is 4.79 Å². The third kappa shape index (κ3) is 3.77. The van der Waals surface area contributed by atoms with Crippen molar-refractivity contribution < 1.29 is 4.79 Å². The highest BCUT2D eigenvalue weighted by atomic mass is 16.1. The third-order valence-electron chi connectivity index (χ3n) is 4.41. The Hall–Kier alpha value is -3.08. The Morgan fingerprint density at radius 2 is 1.88 bits per heavy atom. The Morgan fingerprint density at radius 1 is 1.15 bits per heavy atom. The number of hydrogen-bond acceptors (Lipinski definition) is 4. The zero-order valence-electron chi connectivity index (χ0n) is 15.2. The fourth-order valence-corrected chi connectivity index (χ4v) is 2.94. The Labute approximate surface area is 153 Å². The van der Waals surface area contributed by atoms with Crippen LogP contribution in [0.3, 0.4) is 0 Å². The highest BCUT2D eigenvalue weighted by Gasteiger charge is 2.16. The van der Waals surface area contributed by atoms with Gasteiger partial charge in [-0.2, -0.15) is 0 Å². The van der Waals surface area contributed by atoms with Crippen molar-refractivity contribution in [3.8, 4) is 11.4 Å². The molecule has 0 bridgehead atoms. The summed E-state index contributed by atoms with van der Waals surface area (Å²) in [6, 6.07) is 11.3. The molecule has 0 aliphatic heterocycles. The Bertz CT molecular complexity index is 909. The lowest BCUT2D eigenvalue weighted by Crippen LogP contribution is -2.28. The van der Waals surface area contributed by atoms with Gasteiger partial charge in [0, 0.05) is 41.0 Å². The van der Waals surface area contributed by atoms with Crippen molar-refractivity contribution in [3.63, 3.8) is 0 Å². The summed E-state index contributed by atoms with van der Waals surface area (Å²) in [5.41, 5.74) is 4.43. The van der Waals surface area contributed by atoms with E-state index in [4.69, 9.17) is 0 Å². The number of nitrogens with one attached hydrogen (secondary N) is 1. The van der Waals surface area contributed by atoms with Crippen molar-refractivity contribution >= 4 is 5.91 Å². The molecule has 1 amide bonds. The Morgan fingerprint density at radius 3 is 2.58 bits per heavy atom. The molecule has 0 fully saturated rings. The fraction of sp³-hybridized carbons (Fsp3) is 0.238. The van der Waals surface area contributed by atoms with E-state index < -0.39 is 0 Å². The quantitative estimate of drug-likeness (QED) is 0.761. The van der Waals surface area contributed by atoms with Crippen LogP contribution in [0.25, 0.3) is 11.4 Å². The van der Waals surface area contributed by atoms with Gasteiger partial charge in [0.15, 0.2) is 5.82 Å². The number of benzene rings is 1. The first-order chi connectivity index (χ1) is 12.6. The molecule has 132 valence electrons. The summed E-state index contributed by atoms with van der Waals surface area (Å²) in [4.78, 5) is 25.7. The average molecular weight is 346 g/mol. The number of carbonyl (C=O) groups is 1. The van der Waals surface area contributed by atoms with Gasteiger partial charge in [-0.1, -0.05) is 25.1 Å². The van der Waals surface area contributed by atoms with E-state index in [1.54, 1.807) is 18.6 Å². The molecule has 0 radical (unpaired) electrons. The third-order valence-corrected chi connectivity index (χ3v) is 4.41. The topological polar surface area (TPSA) is 67.8 Å². The van der Waals surface area contributed by atoms with Gasteiger partial charge in [-0.25, -0.2) is 9.97 Å². The van der Waals surface area contributed by atoms with Crippen molar-refractivity contribution in [2.24, 2.45) is 0 Å². The largest absolute Gasteiger partial charge is 0.345 e. The molecule has 0 aliphatic carbocycles. The maximum Gasteiger partial charge on any atom is 0.252 e. The van der Waals surface area contributed by atoms with Gasteiger partial charge in [0.25, 0.3) is 5.91 Å². The van der Waals surface area contributed by atoms with E-state index in [2.05, 4.69) is 20.3 Å². The number of aromatic nitrogens is 3. The second kappa shape index (κ2) is 7.87. The number of aryl methyl sites for hydroxylation is 2. The van der Waals surface area contributed by atoms with Gasteiger partial charge >= 0.3 is 0 Å². The lowest BCUT2D eigenvalue weighted by atomic mass is 10.0. The van der Waals surface area contributed by atoms with Crippen LogP contribution in [0.2, 0.25) is 0 Å². The Kier molecular flexibility index (Phi) is 5.37. The molecule has 1 unspecified atom stereocenters. The molecule has 0 aliphatic rings. The minimum absolute atomic E-state index is 0.0763. The second-order valence-electron chi connectivity index (χ2n) is 6.18. The first kappa shape index (κ1) is 17.7. The summed E-state index contributed by atoms with van der Waals surface area (Å²) >= 11 is 0. The van der Waals surface area contributed by atoms with E-state index in [1.165, 1.54) is 0 Å². The standard InChI is InChI=1S/C21H22N4O/c1-4-16-7-5-6-8-18(16)21(26)25-15(3)19-13-23-20(24-14(19)2)17-9-11-22-12-10-17/h5-13,15H,4H2,1-3H3,(H,25,26). The average Bonchev–Trinajstić information content (AvgIpc) is 2.68. The van der Waals surface area contributed by atoms with E-state index in [1.807, 2.05) is 57.2 Å². The molecule has 1 atom stereocenters. The smallest absolute Gasteiger partial charge is 0.252 e. The van der Waals surface area contributed by atoms with Gasteiger partial charge in [0.05, 0.1) is 6.04 Å². The molecule has 0 saturated carbocycles. The minimum Gasteiger partial charge on any atom is -0.345 e. The molecular weight excluding hydrogens is 324 g/mol. The van der Waals surface area contributed by atoms with Crippen LogP contribution in [0.5, 0.6) is 0 Å². The number of pyridine rings is 1. The summed E-state index contributed by atoms with van der Waals surface area (Å²) < 4.78 is 0. The van der Waals surface area contributed by atoms with E-state index >= 15 is 0 Å². The number of amides is 1. The van der Waals surface area contributed by atoms with Crippen molar-refractivity contribution in [1.29, 1.82) is 0 Å². The molecular formula is C21H22N4O. The molecule has 5 heteroatoms. The van der Waals surface area contributed by atoms with Crippen LogP contribution >= 0.6 is 0 Å². The maximum absolute atomic E-state index is 12.6. The first-order valence-electron chi connectivity index (χ1n) is 8.72.